The Morgan fingerprint density at radius 2 is 2.33 bits per heavy atom. The van der Waals surface area contributed by atoms with Gasteiger partial charge in [0.2, 0.25) is 0 Å². The molecule has 0 bridgehead atoms. The molecule has 0 spiro atoms. The van der Waals surface area contributed by atoms with Crippen LogP contribution in [0.2, 0.25) is 0 Å². The van der Waals surface area contributed by atoms with Gasteiger partial charge in [-0.3, -0.25) is 0 Å². The molecule has 1 saturated heterocycles. The first-order chi connectivity index (χ1) is 8.54. The first kappa shape index (κ1) is 12.7. The average molecular weight is 255 g/mol. The minimum Gasteiger partial charge on any atom is -0.480 e. The third-order valence-electron chi connectivity index (χ3n) is 3.01. The largest absolute Gasteiger partial charge is 0.480 e. The van der Waals surface area contributed by atoms with Gasteiger partial charge in [0.05, 0.1) is 11.8 Å². The molecule has 0 saturated carbocycles. The second-order valence-electron chi connectivity index (χ2n) is 4.21. The molecule has 2 heterocycles. The second kappa shape index (κ2) is 4.85. The monoisotopic (exact) mass is 255 g/mol. The maximum Gasteiger partial charge on any atom is 0.326 e. The van der Waals surface area contributed by atoms with Crippen LogP contribution < -0.4 is 4.90 Å². The van der Waals surface area contributed by atoms with Crippen molar-refractivity contribution in [2.75, 3.05) is 11.4 Å². The fraction of sp³-hybridized carbons (Fsp3) is 0.545. The molecule has 18 heavy (non-hydrogen) atoms. The van der Waals surface area contributed by atoms with Gasteiger partial charge in [0, 0.05) is 13.0 Å². The second-order valence-corrected chi connectivity index (χ2v) is 4.21. The van der Waals surface area contributed by atoms with Crippen molar-refractivity contribution in [1.29, 1.82) is 0 Å². The van der Waals surface area contributed by atoms with E-state index in [0.717, 1.165) is 0 Å². The molecule has 0 amide bonds. The molecular weight excluding hydrogens is 241 g/mol. The summed E-state index contributed by atoms with van der Waals surface area (Å²) in [6.45, 7) is 1.82. The number of anilines is 1. The summed E-state index contributed by atoms with van der Waals surface area (Å²) in [6, 6.07) is -0.950. The minimum absolute atomic E-state index is 0.0502. The van der Waals surface area contributed by atoms with E-state index >= 15 is 0 Å². The van der Waals surface area contributed by atoms with Crippen LogP contribution in [0, 0.1) is 5.82 Å². The smallest absolute Gasteiger partial charge is 0.326 e. The number of hydrogen-bond donors (Lipinski definition) is 2. The first-order valence-corrected chi connectivity index (χ1v) is 5.71. The Morgan fingerprint density at radius 3 is 2.94 bits per heavy atom. The summed E-state index contributed by atoms with van der Waals surface area (Å²) in [4.78, 5) is 20.0. The highest BCUT2D eigenvalue weighted by molar-refractivity contribution is 5.78. The van der Waals surface area contributed by atoms with Crippen molar-refractivity contribution in [3.8, 4) is 0 Å². The molecule has 1 aliphatic rings. The van der Waals surface area contributed by atoms with Gasteiger partial charge in [-0.2, -0.15) is 0 Å². The molecule has 1 aliphatic heterocycles. The number of carboxylic acid groups (broad SMARTS) is 1. The van der Waals surface area contributed by atoms with Crippen LogP contribution in [0.3, 0.4) is 0 Å². The lowest BCUT2D eigenvalue weighted by molar-refractivity contribution is -0.138. The number of hydrogen-bond acceptors (Lipinski definition) is 5. The predicted molar refractivity (Wildman–Crippen MR) is 60.8 cm³/mol. The van der Waals surface area contributed by atoms with Crippen LogP contribution in [0.15, 0.2) is 6.33 Å². The Morgan fingerprint density at radius 1 is 1.61 bits per heavy atom. The molecule has 1 aromatic heterocycles. The Bertz CT molecular complexity index is 469. The van der Waals surface area contributed by atoms with Gasteiger partial charge in [0.1, 0.15) is 12.4 Å². The lowest BCUT2D eigenvalue weighted by Gasteiger charge is -2.22. The van der Waals surface area contributed by atoms with Gasteiger partial charge in [-0.15, -0.1) is 0 Å². The molecule has 2 rings (SSSR count). The number of aliphatic hydroxyl groups excluding tert-OH is 1. The van der Waals surface area contributed by atoms with Gasteiger partial charge in [-0.1, -0.05) is 6.92 Å². The topological polar surface area (TPSA) is 86.5 Å². The van der Waals surface area contributed by atoms with Gasteiger partial charge in [-0.05, 0) is 6.42 Å². The third-order valence-corrected chi connectivity index (χ3v) is 3.01. The van der Waals surface area contributed by atoms with Crippen molar-refractivity contribution in [2.45, 2.75) is 31.9 Å². The first-order valence-electron chi connectivity index (χ1n) is 5.71. The lowest BCUT2D eigenvalue weighted by atomic mass is 10.2. The fourth-order valence-corrected chi connectivity index (χ4v) is 2.12. The number of aliphatic carboxylic acids is 1. The highest BCUT2D eigenvalue weighted by Crippen LogP contribution is 2.27. The molecule has 0 radical (unpaired) electrons. The van der Waals surface area contributed by atoms with Crippen molar-refractivity contribution < 1.29 is 19.4 Å². The standard InChI is InChI=1S/C11H14FN3O3/c1-2-7-9(12)10(14-5-13-7)15-4-6(16)3-8(15)11(17)18/h5-6,8,16H,2-4H2,1H3,(H,17,18). The number of rotatable bonds is 3. The van der Waals surface area contributed by atoms with Crippen LogP contribution in [0.1, 0.15) is 19.0 Å². The number of aryl methyl sites for hydroxylation is 1. The highest BCUT2D eigenvalue weighted by atomic mass is 19.1. The molecule has 6 nitrogen and oxygen atoms in total. The van der Waals surface area contributed by atoms with Crippen molar-refractivity contribution in [1.82, 2.24) is 9.97 Å². The van der Waals surface area contributed by atoms with Gasteiger partial charge in [-0.25, -0.2) is 19.2 Å². The van der Waals surface area contributed by atoms with Crippen LogP contribution in [0.25, 0.3) is 0 Å². The van der Waals surface area contributed by atoms with E-state index in [1.807, 2.05) is 0 Å². The third kappa shape index (κ3) is 2.13. The summed E-state index contributed by atoms with van der Waals surface area (Å²) in [6.07, 6.45) is 0.891. The fourth-order valence-electron chi connectivity index (χ4n) is 2.12. The normalized spacial score (nSPS) is 23.4. The molecule has 0 aliphatic carbocycles. The lowest BCUT2D eigenvalue weighted by Crippen LogP contribution is -2.37. The predicted octanol–water partition coefficient (Wildman–Crippen LogP) is 0.202. The van der Waals surface area contributed by atoms with E-state index in [1.165, 1.54) is 11.2 Å². The number of carbonyl (C=O) groups is 1. The molecular formula is C11H14FN3O3. The van der Waals surface area contributed by atoms with Crippen LogP contribution in [0.5, 0.6) is 0 Å². The number of halogens is 1. The average Bonchev–Trinajstić information content (AvgIpc) is 2.71. The Hall–Kier alpha value is -1.76. The zero-order chi connectivity index (χ0) is 13.3. The van der Waals surface area contributed by atoms with Gasteiger partial charge >= 0.3 is 5.97 Å². The summed E-state index contributed by atoms with van der Waals surface area (Å²) >= 11 is 0. The van der Waals surface area contributed by atoms with Crippen molar-refractivity contribution in [3.05, 3.63) is 17.8 Å². The molecule has 2 unspecified atom stereocenters. The summed E-state index contributed by atoms with van der Waals surface area (Å²) in [5, 5.41) is 18.6. The zero-order valence-electron chi connectivity index (χ0n) is 9.88. The van der Waals surface area contributed by atoms with E-state index in [9.17, 15) is 14.3 Å². The number of β-amino-alcohol motifs (C(OH)–C–C–N with tert-alkyl or cyclic N) is 1. The maximum absolute atomic E-state index is 14.0. The molecule has 2 atom stereocenters. The zero-order valence-corrected chi connectivity index (χ0v) is 9.88. The summed E-state index contributed by atoms with van der Waals surface area (Å²) < 4.78 is 14.0. The molecule has 1 aromatic rings. The van der Waals surface area contributed by atoms with E-state index in [1.54, 1.807) is 6.92 Å². The maximum atomic E-state index is 14.0. The SMILES string of the molecule is CCc1ncnc(N2CC(O)CC2C(=O)O)c1F. The van der Waals surface area contributed by atoms with Crippen LogP contribution in [-0.2, 0) is 11.2 Å². The van der Waals surface area contributed by atoms with E-state index < -0.39 is 23.9 Å². The van der Waals surface area contributed by atoms with Crippen molar-refractivity contribution in [3.63, 3.8) is 0 Å². The molecule has 2 N–H and O–H groups in total. The summed E-state index contributed by atoms with van der Waals surface area (Å²) in [5.41, 5.74) is 0.241. The minimum atomic E-state index is -1.09. The van der Waals surface area contributed by atoms with Gasteiger partial charge < -0.3 is 15.1 Å². The highest BCUT2D eigenvalue weighted by Gasteiger charge is 2.38. The number of aliphatic hydroxyl groups is 1. The Labute approximate surface area is 103 Å². The van der Waals surface area contributed by atoms with Gasteiger partial charge in [0.15, 0.2) is 11.6 Å². The summed E-state index contributed by atoms with van der Waals surface area (Å²) in [5.74, 6) is -1.76. The Kier molecular flexibility index (Phi) is 3.42. The summed E-state index contributed by atoms with van der Waals surface area (Å²) in [7, 11) is 0. The quantitative estimate of drug-likeness (QED) is 0.802. The van der Waals surface area contributed by atoms with Crippen LogP contribution in [-0.4, -0.2) is 44.8 Å². The number of carboxylic acids is 1. The van der Waals surface area contributed by atoms with Crippen molar-refractivity contribution >= 4 is 11.8 Å². The Balaban J connectivity index is 2.38. The van der Waals surface area contributed by atoms with E-state index in [2.05, 4.69) is 9.97 Å². The molecule has 98 valence electrons. The van der Waals surface area contributed by atoms with E-state index in [4.69, 9.17) is 5.11 Å². The van der Waals surface area contributed by atoms with Crippen molar-refractivity contribution in [2.24, 2.45) is 0 Å². The number of nitrogens with zero attached hydrogens (tertiary/aromatic N) is 3. The molecule has 1 fully saturated rings. The van der Waals surface area contributed by atoms with Crippen LogP contribution >= 0.6 is 0 Å². The van der Waals surface area contributed by atoms with Gasteiger partial charge in [0.25, 0.3) is 0 Å². The molecule has 0 aromatic carbocycles. The van der Waals surface area contributed by atoms with Crippen LogP contribution in [0.4, 0.5) is 10.2 Å². The van der Waals surface area contributed by atoms with E-state index in [0.29, 0.717) is 6.42 Å². The molecule has 7 heteroatoms. The van der Waals surface area contributed by atoms with E-state index in [-0.39, 0.29) is 24.5 Å². The number of aromatic nitrogens is 2.